The Balaban J connectivity index is 3.83. The zero-order chi connectivity index (χ0) is 10.3. The number of sulfonamides is 1. The van der Waals surface area contributed by atoms with Gasteiger partial charge in [-0.05, 0) is 6.42 Å². The molecule has 0 radical (unpaired) electrons. The van der Waals surface area contributed by atoms with Gasteiger partial charge in [-0.3, -0.25) is 4.79 Å². The maximum absolute atomic E-state index is 11.0. The number of ether oxygens (including phenoxy) is 1. The van der Waals surface area contributed by atoms with E-state index in [1.54, 1.807) is 0 Å². The van der Waals surface area contributed by atoms with Crippen LogP contribution in [-0.2, 0) is 19.6 Å². The van der Waals surface area contributed by atoms with Crippen molar-refractivity contribution in [2.75, 3.05) is 25.3 Å². The minimum atomic E-state index is -3.38. The van der Waals surface area contributed by atoms with E-state index in [1.165, 1.54) is 7.11 Å². The van der Waals surface area contributed by atoms with Gasteiger partial charge in [0.1, 0.15) is 6.54 Å². The SMILES string of the molecule is COC(=O)CNS(=O)(=O)CCCCl. The molecule has 0 aliphatic heterocycles. The summed E-state index contributed by atoms with van der Waals surface area (Å²) in [6.07, 6.45) is 0.359. The number of nitrogens with one attached hydrogen (secondary N) is 1. The van der Waals surface area contributed by atoms with Crippen LogP contribution in [-0.4, -0.2) is 39.7 Å². The highest BCUT2D eigenvalue weighted by Gasteiger charge is 2.11. The number of carbonyl (C=O) groups is 1. The number of hydrogen-bond acceptors (Lipinski definition) is 4. The highest BCUT2D eigenvalue weighted by molar-refractivity contribution is 7.89. The van der Waals surface area contributed by atoms with Crippen LogP contribution in [0.25, 0.3) is 0 Å². The molecule has 0 heterocycles. The van der Waals surface area contributed by atoms with Gasteiger partial charge in [-0.2, -0.15) is 0 Å². The molecule has 0 aromatic rings. The van der Waals surface area contributed by atoms with Gasteiger partial charge >= 0.3 is 5.97 Å². The summed E-state index contributed by atoms with van der Waals surface area (Å²) in [6, 6.07) is 0. The highest BCUT2D eigenvalue weighted by Crippen LogP contribution is 1.91. The Labute approximate surface area is 82.5 Å². The van der Waals surface area contributed by atoms with E-state index in [1.807, 2.05) is 0 Å². The Bertz CT molecular complexity index is 251. The molecule has 0 aromatic carbocycles. The molecule has 78 valence electrons. The van der Waals surface area contributed by atoms with Crippen molar-refractivity contribution in [1.29, 1.82) is 0 Å². The molecule has 13 heavy (non-hydrogen) atoms. The highest BCUT2D eigenvalue weighted by atomic mass is 35.5. The lowest BCUT2D eigenvalue weighted by Gasteiger charge is -2.03. The number of alkyl halides is 1. The topological polar surface area (TPSA) is 72.5 Å². The van der Waals surface area contributed by atoms with Crippen molar-refractivity contribution in [3.63, 3.8) is 0 Å². The van der Waals surface area contributed by atoms with Gasteiger partial charge in [0, 0.05) is 5.88 Å². The first-order chi connectivity index (χ1) is 6.02. The second-order valence-electron chi connectivity index (χ2n) is 2.26. The van der Waals surface area contributed by atoms with Gasteiger partial charge in [-0.1, -0.05) is 0 Å². The zero-order valence-electron chi connectivity index (χ0n) is 7.25. The van der Waals surface area contributed by atoms with E-state index >= 15 is 0 Å². The van der Waals surface area contributed by atoms with E-state index in [-0.39, 0.29) is 18.2 Å². The average molecular weight is 230 g/mol. The Morgan fingerprint density at radius 2 is 2.15 bits per heavy atom. The third kappa shape index (κ3) is 6.80. The monoisotopic (exact) mass is 229 g/mol. The molecular formula is C6H12ClNO4S. The van der Waals surface area contributed by atoms with Crippen LogP contribution in [0.2, 0.25) is 0 Å². The van der Waals surface area contributed by atoms with Gasteiger partial charge in [-0.15, -0.1) is 11.6 Å². The predicted molar refractivity (Wildman–Crippen MR) is 49.1 cm³/mol. The molecule has 1 N–H and O–H groups in total. The van der Waals surface area contributed by atoms with E-state index in [0.29, 0.717) is 6.42 Å². The Morgan fingerprint density at radius 1 is 1.54 bits per heavy atom. The first kappa shape index (κ1) is 12.7. The normalized spacial score (nSPS) is 11.2. The summed E-state index contributed by atoms with van der Waals surface area (Å²) in [5, 5.41) is 0. The third-order valence-corrected chi connectivity index (χ3v) is 2.89. The van der Waals surface area contributed by atoms with Gasteiger partial charge in [-0.25, -0.2) is 13.1 Å². The fourth-order valence-corrected chi connectivity index (χ4v) is 1.86. The van der Waals surface area contributed by atoms with Crippen LogP contribution < -0.4 is 4.72 Å². The summed E-state index contributed by atoms with van der Waals surface area (Å²) >= 11 is 5.31. The zero-order valence-corrected chi connectivity index (χ0v) is 8.82. The predicted octanol–water partition coefficient (Wildman–Crippen LogP) is -0.292. The summed E-state index contributed by atoms with van der Waals surface area (Å²) in [4.78, 5) is 10.6. The summed E-state index contributed by atoms with van der Waals surface area (Å²) in [6.45, 7) is -0.332. The van der Waals surface area contributed by atoms with Gasteiger partial charge in [0.05, 0.1) is 12.9 Å². The number of esters is 1. The van der Waals surface area contributed by atoms with Gasteiger partial charge < -0.3 is 4.74 Å². The van der Waals surface area contributed by atoms with Crippen molar-refractivity contribution >= 4 is 27.6 Å². The van der Waals surface area contributed by atoms with Crippen LogP contribution in [0, 0.1) is 0 Å². The number of halogens is 1. The minimum absolute atomic E-state index is 0.0759. The molecule has 0 aliphatic carbocycles. The van der Waals surface area contributed by atoms with Crippen molar-refractivity contribution in [1.82, 2.24) is 4.72 Å². The molecule has 0 aromatic heterocycles. The van der Waals surface area contributed by atoms with Crippen molar-refractivity contribution in [2.24, 2.45) is 0 Å². The van der Waals surface area contributed by atoms with Crippen LogP contribution in [0.15, 0.2) is 0 Å². The molecule has 0 bridgehead atoms. The molecule has 0 fully saturated rings. The first-order valence-corrected chi connectivity index (χ1v) is 5.80. The van der Waals surface area contributed by atoms with Crippen molar-refractivity contribution in [2.45, 2.75) is 6.42 Å². The quantitative estimate of drug-likeness (QED) is 0.502. The fourth-order valence-electron chi connectivity index (χ4n) is 0.558. The number of carbonyl (C=O) groups excluding carboxylic acids is 1. The van der Waals surface area contributed by atoms with Gasteiger partial charge in [0.25, 0.3) is 0 Å². The van der Waals surface area contributed by atoms with E-state index in [2.05, 4.69) is 9.46 Å². The lowest BCUT2D eigenvalue weighted by atomic mass is 10.6. The van der Waals surface area contributed by atoms with Gasteiger partial charge in [0.2, 0.25) is 10.0 Å². The van der Waals surface area contributed by atoms with Crippen LogP contribution in [0.1, 0.15) is 6.42 Å². The Morgan fingerprint density at radius 3 is 2.62 bits per heavy atom. The molecule has 0 spiro atoms. The minimum Gasteiger partial charge on any atom is -0.468 e. The van der Waals surface area contributed by atoms with Crippen LogP contribution in [0.3, 0.4) is 0 Å². The van der Waals surface area contributed by atoms with Crippen LogP contribution >= 0.6 is 11.6 Å². The fraction of sp³-hybridized carbons (Fsp3) is 0.833. The van der Waals surface area contributed by atoms with E-state index in [9.17, 15) is 13.2 Å². The lowest BCUT2D eigenvalue weighted by Crippen LogP contribution is -2.32. The smallest absolute Gasteiger partial charge is 0.320 e. The molecule has 5 nitrogen and oxygen atoms in total. The van der Waals surface area contributed by atoms with Gasteiger partial charge in [0.15, 0.2) is 0 Å². The summed E-state index contributed by atoms with van der Waals surface area (Å²) < 4.78 is 28.4. The first-order valence-electron chi connectivity index (χ1n) is 3.62. The van der Waals surface area contributed by atoms with Crippen LogP contribution in [0.5, 0.6) is 0 Å². The van der Waals surface area contributed by atoms with Crippen molar-refractivity contribution in [3.8, 4) is 0 Å². The molecule has 0 unspecified atom stereocenters. The Hall–Kier alpha value is -0.330. The molecule has 0 aliphatic rings. The summed E-state index contributed by atoms with van der Waals surface area (Å²) in [7, 11) is -2.19. The molecule has 0 amide bonds. The molecule has 0 saturated carbocycles. The van der Waals surface area contributed by atoms with Crippen molar-refractivity contribution in [3.05, 3.63) is 0 Å². The maximum atomic E-state index is 11.0. The summed E-state index contributed by atoms with van der Waals surface area (Å²) in [5.74, 6) is -0.415. The molecule has 0 rings (SSSR count). The largest absolute Gasteiger partial charge is 0.468 e. The second-order valence-corrected chi connectivity index (χ2v) is 4.56. The summed E-state index contributed by atoms with van der Waals surface area (Å²) in [5.41, 5.74) is 0. The van der Waals surface area contributed by atoms with Crippen LogP contribution in [0.4, 0.5) is 0 Å². The maximum Gasteiger partial charge on any atom is 0.320 e. The molecular weight excluding hydrogens is 218 g/mol. The lowest BCUT2D eigenvalue weighted by molar-refractivity contribution is -0.139. The number of methoxy groups -OCH3 is 1. The Kier molecular flexibility index (Phi) is 6.02. The standard InChI is InChI=1S/C6H12ClNO4S/c1-12-6(9)5-8-13(10,11)4-2-3-7/h8H,2-5H2,1H3. The molecule has 0 saturated heterocycles. The van der Waals surface area contributed by atoms with Crippen molar-refractivity contribution < 1.29 is 17.9 Å². The van der Waals surface area contributed by atoms with E-state index in [4.69, 9.17) is 11.6 Å². The van der Waals surface area contributed by atoms with E-state index < -0.39 is 16.0 Å². The average Bonchev–Trinajstić information content (AvgIpc) is 2.11. The van der Waals surface area contributed by atoms with E-state index in [0.717, 1.165) is 0 Å². The third-order valence-electron chi connectivity index (χ3n) is 1.21. The number of rotatable bonds is 6. The number of hydrogen-bond donors (Lipinski definition) is 1. The molecule has 7 heteroatoms. The second kappa shape index (κ2) is 6.17. The molecule has 0 atom stereocenters.